The van der Waals surface area contributed by atoms with Gasteiger partial charge in [0.05, 0.1) is 0 Å². The van der Waals surface area contributed by atoms with Crippen LogP contribution in [0, 0.1) is 6.92 Å². The monoisotopic (exact) mass is 344 g/mol. The second kappa shape index (κ2) is 8.68. The van der Waals surface area contributed by atoms with E-state index in [2.05, 4.69) is 51.7 Å². The number of ether oxygens (including phenoxy) is 1. The van der Waals surface area contributed by atoms with Gasteiger partial charge in [-0.1, -0.05) is 29.8 Å². The zero-order valence-electron chi connectivity index (χ0n) is 15.7. The molecule has 0 unspecified atom stereocenters. The summed E-state index contributed by atoms with van der Waals surface area (Å²) in [5.74, 6) is 0.881. The van der Waals surface area contributed by atoms with Crippen LogP contribution in [0.25, 0.3) is 0 Å². The molecule has 25 heavy (non-hydrogen) atoms. The average Bonchev–Trinajstić information content (AvgIpc) is 3.18. The number of benzene rings is 1. The highest BCUT2D eigenvalue weighted by atomic mass is 16.5. The number of likely N-dealkylation sites (tertiary alicyclic amines) is 1. The topological polar surface area (TPSA) is 48.9 Å². The van der Waals surface area contributed by atoms with Gasteiger partial charge in [0.25, 0.3) is 0 Å². The van der Waals surface area contributed by atoms with E-state index in [4.69, 9.17) is 4.74 Å². The predicted octanol–water partition coefficient (Wildman–Crippen LogP) is 2.31. The maximum absolute atomic E-state index is 5.63. The van der Waals surface area contributed by atoms with Gasteiger partial charge in [0.15, 0.2) is 5.96 Å². The molecule has 2 saturated heterocycles. The summed E-state index contributed by atoms with van der Waals surface area (Å²) in [6.45, 7) is 8.03. The van der Waals surface area contributed by atoms with E-state index in [-0.39, 0.29) is 5.54 Å². The number of rotatable bonds is 5. The molecule has 2 N–H and O–H groups in total. The van der Waals surface area contributed by atoms with Crippen molar-refractivity contribution < 1.29 is 4.74 Å². The van der Waals surface area contributed by atoms with Gasteiger partial charge < -0.3 is 15.4 Å². The van der Waals surface area contributed by atoms with E-state index in [9.17, 15) is 0 Å². The maximum atomic E-state index is 5.63. The molecule has 0 saturated carbocycles. The van der Waals surface area contributed by atoms with Crippen molar-refractivity contribution in [2.45, 2.75) is 44.7 Å². The molecule has 0 bridgehead atoms. The predicted molar refractivity (Wildman–Crippen MR) is 103 cm³/mol. The van der Waals surface area contributed by atoms with Gasteiger partial charge in [0, 0.05) is 38.9 Å². The standard InChI is InChI=1S/C20H32N4O/c1-17-6-5-7-18(14-17)15-22-19(21-2)23-16-20(8-12-25-13-9-20)24-10-3-4-11-24/h5-7,14H,3-4,8-13,15-16H2,1-2H3,(H2,21,22,23). The van der Waals surface area contributed by atoms with Crippen molar-refractivity contribution >= 4 is 5.96 Å². The molecular formula is C20H32N4O. The minimum absolute atomic E-state index is 0.218. The van der Waals surface area contributed by atoms with Crippen molar-refractivity contribution in [2.75, 3.05) is 39.9 Å². The van der Waals surface area contributed by atoms with E-state index in [1.165, 1.54) is 37.1 Å². The Kier molecular flexibility index (Phi) is 6.32. The Morgan fingerprint density at radius 2 is 1.96 bits per heavy atom. The summed E-state index contributed by atoms with van der Waals surface area (Å²) in [5.41, 5.74) is 2.79. The molecule has 1 aromatic carbocycles. The van der Waals surface area contributed by atoms with Gasteiger partial charge in [-0.05, 0) is 51.3 Å². The van der Waals surface area contributed by atoms with Crippen LogP contribution < -0.4 is 10.6 Å². The number of aryl methyl sites for hydroxylation is 1. The van der Waals surface area contributed by atoms with Crippen LogP contribution in [0.5, 0.6) is 0 Å². The molecule has 3 rings (SSSR count). The molecule has 2 heterocycles. The van der Waals surface area contributed by atoms with Gasteiger partial charge in [-0.25, -0.2) is 0 Å². The zero-order valence-corrected chi connectivity index (χ0v) is 15.7. The van der Waals surface area contributed by atoms with Crippen LogP contribution >= 0.6 is 0 Å². The number of guanidine groups is 1. The third-order valence-electron chi connectivity index (χ3n) is 5.55. The molecule has 0 atom stereocenters. The lowest BCUT2D eigenvalue weighted by Gasteiger charge is -2.45. The van der Waals surface area contributed by atoms with Crippen molar-refractivity contribution in [3.05, 3.63) is 35.4 Å². The highest BCUT2D eigenvalue weighted by Crippen LogP contribution is 2.30. The fourth-order valence-electron chi connectivity index (χ4n) is 4.02. The number of hydrogen-bond donors (Lipinski definition) is 2. The Bertz CT molecular complexity index is 575. The molecular weight excluding hydrogens is 312 g/mol. The van der Waals surface area contributed by atoms with E-state index in [1.807, 2.05) is 7.05 Å². The lowest BCUT2D eigenvalue weighted by Crippen LogP contribution is -2.58. The fourth-order valence-corrected chi connectivity index (χ4v) is 4.02. The minimum Gasteiger partial charge on any atom is -0.381 e. The van der Waals surface area contributed by atoms with E-state index in [0.29, 0.717) is 0 Å². The number of nitrogens with zero attached hydrogens (tertiary/aromatic N) is 2. The first-order valence-electron chi connectivity index (χ1n) is 9.55. The summed E-state index contributed by atoms with van der Waals surface area (Å²) < 4.78 is 5.63. The lowest BCUT2D eigenvalue weighted by molar-refractivity contribution is -0.0164. The summed E-state index contributed by atoms with van der Waals surface area (Å²) in [6.07, 6.45) is 4.86. The summed E-state index contributed by atoms with van der Waals surface area (Å²) in [6, 6.07) is 8.59. The molecule has 1 aromatic rings. The normalized spacial score (nSPS) is 21.3. The maximum Gasteiger partial charge on any atom is 0.191 e. The van der Waals surface area contributed by atoms with E-state index in [0.717, 1.165) is 45.1 Å². The number of aliphatic imine (C=N–C) groups is 1. The van der Waals surface area contributed by atoms with Crippen LogP contribution in [0.15, 0.2) is 29.3 Å². The van der Waals surface area contributed by atoms with Crippen LogP contribution in [0.1, 0.15) is 36.8 Å². The van der Waals surface area contributed by atoms with Gasteiger partial charge in [0.1, 0.15) is 0 Å². The summed E-state index contributed by atoms with van der Waals surface area (Å²) >= 11 is 0. The second-order valence-corrected chi connectivity index (χ2v) is 7.30. The van der Waals surface area contributed by atoms with Gasteiger partial charge in [-0.2, -0.15) is 0 Å². The largest absolute Gasteiger partial charge is 0.381 e. The van der Waals surface area contributed by atoms with Crippen LogP contribution in [-0.4, -0.2) is 56.3 Å². The number of nitrogens with one attached hydrogen (secondary N) is 2. The van der Waals surface area contributed by atoms with Crippen molar-refractivity contribution in [1.82, 2.24) is 15.5 Å². The first-order chi connectivity index (χ1) is 12.2. The Hall–Kier alpha value is -1.59. The molecule has 2 aliphatic rings. The van der Waals surface area contributed by atoms with Crippen LogP contribution in [0.4, 0.5) is 0 Å². The second-order valence-electron chi connectivity index (χ2n) is 7.30. The van der Waals surface area contributed by atoms with E-state index >= 15 is 0 Å². The quantitative estimate of drug-likeness (QED) is 0.636. The number of hydrogen-bond acceptors (Lipinski definition) is 3. The lowest BCUT2D eigenvalue weighted by atomic mass is 9.88. The molecule has 0 amide bonds. The van der Waals surface area contributed by atoms with Crippen molar-refractivity contribution in [2.24, 2.45) is 4.99 Å². The average molecular weight is 345 g/mol. The summed E-state index contributed by atoms with van der Waals surface area (Å²) in [4.78, 5) is 7.09. The Morgan fingerprint density at radius 1 is 1.20 bits per heavy atom. The molecule has 0 radical (unpaired) electrons. The molecule has 0 aliphatic carbocycles. The van der Waals surface area contributed by atoms with Gasteiger partial charge in [-0.3, -0.25) is 9.89 Å². The third kappa shape index (κ3) is 4.73. The fraction of sp³-hybridized carbons (Fsp3) is 0.650. The van der Waals surface area contributed by atoms with Gasteiger partial charge in [-0.15, -0.1) is 0 Å². The van der Waals surface area contributed by atoms with E-state index in [1.54, 1.807) is 0 Å². The SMILES string of the molecule is CN=C(NCc1cccc(C)c1)NCC1(N2CCCC2)CCOCC1. The minimum atomic E-state index is 0.218. The Labute approximate surface area is 151 Å². The molecule has 138 valence electrons. The molecule has 0 aromatic heterocycles. The van der Waals surface area contributed by atoms with Crippen LogP contribution in [0.2, 0.25) is 0 Å². The van der Waals surface area contributed by atoms with Crippen LogP contribution in [0.3, 0.4) is 0 Å². The molecule has 2 fully saturated rings. The molecule has 5 heteroatoms. The highest BCUT2D eigenvalue weighted by Gasteiger charge is 2.39. The van der Waals surface area contributed by atoms with Gasteiger partial charge >= 0.3 is 0 Å². The third-order valence-corrected chi connectivity index (χ3v) is 5.55. The molecule has 5 nitrogen and oxygen atoms in total. The first-order valence-corrected chi connectivity index (χ1v) is 9.55. The highest BCUT2D eigenvalue weighted by molar-refractivity contribution is 5.79. The van der Waals surface area contributed by atoms with E-state index < -0.39 is 0 Å². The van der Waals surface area contributed by atoms with Crippen molar-refractivity contribution in [3.63, 3.8) is 0 Å². The van der Waals surface area contributed by atoms with Crippen molar-refractivity contribution in [3.8, 4) is 0 Å². The van der Waals surface area contributed by atoms with Crippen molar-refractivity contribution in [1.29, 1.82) is 0 Å². The molecule has 2 aliphatic heterocycles. The Balaban J connectivity index is 1.56. The van der Waals surface area contributed by atoms with Crippen LogP contribution in [-0.2, 0) is 11.3 Å². The van der Waals surface area contributed by atoms with Gasteiger partial charge in [0.2, 0.25) is 0 Å². The zero-order chi connectivity index (χ0) is 17.5. The smallest absolute Gasteiger partial charge is 0.191 e. The summed E-state index contributed by atoms with van der Waals surface area (Å²) in [7, 11) is 1.85. The Morgan fingerprint density at radius 3 is 2.64 bits per heavy atom. The first kappa shape index (κ1) is 18.2. The summed E-state index contributed by atoms with van der Waals surface area (Å²) in [5, 5.41) is 7.03. The molecule has 0 spiro atoms.